The number of fused-ring (bicyclic) bond motifs is 2. The number of halogens is 3. The number of carboxylic acids is 1. The number of imidazole rings is 1. The molecule has 230 valence electrons. The molecule has 0 bridgehead atoms. The van der Waals surface area contributed by atoms with Crippen LogP contribution in [0.4, 0.5) is 4.39 Å². The number of benzene rings is 3. The lowest BCUT2D eigenvalue weighted by Crippen LogP contribution is -2.33. The van der Waals surface area contributed by atoms with E-state index in [1.807, 2.05) is 12.1 Å². The summed E-state index contributed by atoms with van der Waals surface area (Å²) in [4.78, 5) is 19.2. The maximum absolute atomic E-state index is 15.4. The van der Waals surface area contributed by atoms with E-state index in [1.54, 1.807) is 36.4 Å². The van der Waals surface area contributed by atoms with Crippen molar-refractivity contribution in [2.75, 3.05) is 19.7 Å². The van der Waals surface area contributed by atoms with Gasteiger partial charge in [0.2, 0.25) is 0 Å². The molecule has 4 aliphatic rings. The zero-order chi connectivity index (χ0) is 30.8. The standard InChI is InChI=1S/C34H30Cl2FN3O4Si/c35-20-5-6-22(24(36)15-20)29-16-25(37)23-3-1-2-21(31(23)44-29)18-8-11-39(12-9-18)17-30-38-26-7-4-19(34(41)42)14-27(26)40(30)33-32(45-33)28-10-13-43-28/h1-7,14-16,18,28-29,32-33H,8-13,17H2,(H,41,42)/t28?,29-,32-,33+/m0/s1. The number of aromatic nitrogens is 2. The number of carboxylic acid groups (broad SMARTS) is 1. The summed E-state index contributed by atoms with van der Waals surface area (Å²) in [6, 6.07) is 16.1. The first kappa shape index (κ1) is 29.2. The lowest BCUT2D eigenvalue weighted by Gasteiger charge is -2.34. The van der Waals surface area contributed by atoms with Gasteiger partial charge in [0.05, 0.1) is 44.3 Å². The summed E-state index contributed by atoms with van der Waals surface area (Å²) in [5.41, 5.74) is 4.92. The average Bonchev–Trinajstić information content (AvgIpc) is 3.67. The third kappa shape index (κ3) is 5.38. The Labute approximate surface area is 272 Å². The molecule has 4 atom stereocenters. The maximum atomic E-state index is 15.4. The zero-order valence-corrected chi connectivity index (χ0v) is 26.8. The SMILES string of the molecule is O=C(O)c1ccc2nc(CN3CCC(c4cccc5c4O[C@H](c4ccc(Cl)cc4Cl)C=C5F)CC3)n([C@@H]3[Si][C@H]3C3CCO3)c2c1. The van der Waals surface area contributed by atoms with Gasteiger partial charge < -0.3 is 19.1 Å². The minimum Gasteiger partial charge on any atom is -0.480 e. The van der Waals surface area contributed by atoms with Crippen molar-refractivity contribution >= 4 is 55.6 Å². The van der Waals surface area contributed by atoms with Gasteiger partial charge in [-0.15, -0.1) is 0 Å². The van der Waals surface area contributed by atoms with Crippen LogP contribution in [-0.4, -0.2) is 60.8 Å². The molecule has 7 nitrogen and oxygen atoms in total. The van der Waals surface area contributed by atoms with E-state index in [1.165, 1.54) is 6.08 Å². The molecule has 5 heterocycles. The molecule has 3 fully saturated rings. The van der Waals surface area contributed by atoms with Crippen molar-refractivity contribution in [3.05, 3.63) is 98.8 Å². The third-order valence-corrected chi connectivity index (χ3v) is 11.7. The van der Waals surface area contributed by atoms with Gasteiger partial charge in [0.1, 0.15) is 23.5 Å². The molecule has 1 aromatic heterocycles. The highest BCUT2D eigenvalue weighted by Gasteiger charge is 2.49. The number of rotatable bonds is 7. The van der Waals surface area contributed by atoms with Crippen LogP contribution in [0.25, 0.3) is 16.9 Å². The van der Waals surface area contributed by atoms with Crippen LogP contribution in [0.1, 0.15) is 69.8 Å². The van der Waals surface area contributed by atoms with Crippen LogP contribution >= 0.6 is 23.2 Å². The van der Waals surface area contributed by atoms with Gasteiger partial charge in [-0.05, 0) is 91.8 Å². The summed E-state index contributed by atoms with van der Waals surface area (Å²) in [7, 11) is 0.743. The lowest BCUT2D eigenvalue weighted by atomic mass is 9.86. The molecule has 1 N–H and O–H groups in total. The van der Waals surface area contributed by atoms with Crippen LogP contribution in [0.3, 0.4) is 0 Å². The maximum Gasteiger partial charge on any atom is 0.335 e. The van der Waals surface area contributed by atoms with E-state index in [-0.39, 0.29) is 17.3 Å². The van der Waals surface area contributed by atoms with Gasteiger partial charge in [-0.25, -0.2) is 14.2 Å². The number of likely N-dealkylation sites (tertiary alicyclic amines) is 1. The van der Waals surface area contributed by atoms with Gasteiger partial charge in [0.25, 0.3) is 0 Å². The second-order valence-electron chi connectivity index (χ2n) is 12.2. The molecule has 0 aliphatic carbocycles. The molecule has 0 saturated carbocycles. The van der Waals surface area contributed by atoms with E-state index in [2.05, 4.69) is 15.5 Å². The van der Waals surface area contributed by atoms with Crippen molar-refractivity contribution in [3.8, 4) is 5.75 Å². The Kier molecular flexibility index (Phi) is 7.49. The normalized spacial score (nSPS) is 24.9. The number of aromatic carboxylic acids is 1. The number of hydrogen-bond acceptors (Lipinski definition) is 5. The second kappa shape index (κ2) is 11.5. The van der Waals surface area contributed by atoms with Gasteiger partial charge in [-0.1, -0.05) is 41.4 Å². The highest BCUT2D eigenvalue weighted by molar-refractivity contribution is 6.53. The van der Waals surface area contributed by atoms with Crippen LogP contribution in [0, 0.1) is 0 Å². The molecule has 11 heteroatoms. The lowest BCUT2D eigenvalue weighted by molar-refractivity contribution is -0.0494. The number of nitrogens with zero attached hydrogens (tertiary/aromatic N) is 3. The molecule has 0 spiro atoms. The highest BCUT2D eigenvalue weighted by Crippen LogP contribution is 2.50. The molecular weight excluding hydrogens is 632 g/mol. The molecule has 4 aromatic rings. The number of piperidine rings is 1. The van der Waals surface area contributed by atoms with Crippen LogP contribution in [-0.2, 0) is 11.3 Å². The smallest absolute Gasteiger partial charge is 0.335 e. The Morgan fingerprint density at radius 1 is 1.07 bits per heavy atom. The van der Waals surface area contributed by atoms with E-state index in [0.717, 1.165) is 70.9 Å². The molecule has 1 unspecified atom stereocenters. The molecule has 45 heavy (non-hydrogen) atoms. The van der Waals surface area contributed by atoms with E-state index >= 15 is 4.39 Å². The Balaban J connectivity index is 1.02. The van der Waals surface area contributed by atoms with Crippen LogP contribution in [0.15, 0.2) is 60.7 Å². The van der Waals surface area contributed by atoms with Gasteiger partial charge >= 0.3 is 5.97 Å². The number of ether oxygens (including phenoxy) is 2. The molecule has 8 rings (SSSR count). The van der Waals surface area contributed by atoms with Gasteiger partial charge in [-0.3, -0.25) is 4.90 Å². The Morgan fingerprint density at radius 3 is 2.62 bits per heavy atom. The predicted octanol–water partition coefficient (Wildman–Crippen LogP) is 7.66. The third-order valence-electron chi connectivity index (χ3n) is 9.52. The molecule has 4 aliphatic heterocycles. The van der Waals surface area contributed by atoms with Crippen molar-refractivity contribution in [1.29, 1.82) is 0 Å². The summed E-state index contributed by atoms with van der Waals surface area (Å²) < 4.78 is 29.9. The zero-order valence-electron chi connectivity index (χ0n) is 24.3. The van der Waals surface area contributed by atoms with Crippen molar-refractivity contribution in [1.82, 2.24) is 14.5 Å². The number of para-hydroxylation sites is 1. The minimum absolute atomic E-state index is 0.213. The summed E-state index contributed by atoms with van der Waals surface area (Å²) in [5, 5.41) is 10.6. The van der Waals surface area contributed by atoms with E-state index in [0.29, 0.717) is 50.8 Å². The second-order valence-corrected chi connectivity index (χ2v) is 14.7. The van der Waals surface area contributed by atoms with Crippen LogP contribution < -0.4 is 4.74 Å². The number of carbonyl (C=O) groups is 1. The van der Waals surface area contributed by atoms with Crippen molar-refractivity contribution in [2.24, 2.45) is 0 Å². The quantitative estimate of drug-likeness (QED) is 0.205. The van der Waals surface area contributed by atoms with Gasteiger partial charge in [-0.2, -0.15) is 0 Å². The van der Waals surface area contributed by atoms with Crippen molar-refractivity contribution < 1.29 is 23.8 Å². The fourth-order valence-electron chi connectivity index (χ4n) is 6.99. The molecule has 3 saturated heterocycles. The van der Waals surface area contributed by atoms with Crippen LogP contribution in [0.5, 0.6) is 5.75 Å². The summed E-state index contributed by atoms with van der Waals surface area (Å²) in [5.74, 6) is 0.520. The van der Waals surface area contributed by atoms with E-state index in [9.17, 15) is 9.90 Å². The molecule has 0 amide bonds. The largest absolute Gasteiger partial charge is 0.480 e. The van der Waals surface area contributed by atoms with E-state index < -0.39 is 12.1 Å². The summed E-state index contributed by atoms with van der Waals surface area (Å²) in [6.45, 7) is 3.21. The Hall–Kier alpha value is -3.21. The molecule has 3 aromatic carbocycles. The van der Waals surface area contributed by atoms with Crippen LogP contribution in [0.2, 0.25) is 15.6 Å². The number of hydrogen-bond donors (Lipinski definition) is 1. The summed E-state index contributed by atoms with van der Waals surface area (Å²) in [6.07, 6.45) is 4.00. The molecular formula is C34H30Cl2FN3O4Si. The van der Waals surface area contributed by atoms with Gasteiger partial charge in [0, 0.05) is 27.9 Å². The van der Waals surface area contributed by atoms with Gasteiger partial charge in [0.15, 0.2) is 0 Å². The molecule has 2 radical (unpaired) electrons. The minimum atomic E-state index is -0.935. The fourth-order valence-corrected chi connectivity index (χ4v) is 9.07. The summed E-state index contributed by atoms with van der Waals surface area (Å²) >= 11 is 12.6. The van der Waals surface area contributed by atoms with E-state index in [4.69, 9.17) is 37.7 Å². The highest BCUT2D eigenvalue weighted by atomic mass is 35.5. The fraction of sp³-hybridized carbons (Fsp3) is 0.353. The average molecular weight is 663 g/mol. The first-order chi connectivity index (χ1) is 21.8. The Morgan fingerprint density at radius 2 is 1.89 bits per heavy atom. The van der Waals surface area contributed by atoms with Crippen molar-refractivity contribution in [3.63, 3.8) is 0 Å². The predicted molar refractivity (Wildman–Crippen MR) is 172 cm³/mol. The first-order valence-corrected chi connectivity index (χ1v) is 17.2. The van der Waals surface area contributed by atoms with Crippen molar-refractivity contribution in [2.45, 2.75) is 55.1 Å². The monoisotopic (exact) mass is 661 g/mol. The first-order valence-electron chi connectivity index (χ1n) is 15.3. The topological polar surface area (TPSA) is 76.8 Å². The Bertz CT molecular complexity index is 1850.